The van der Waals surface area contributed by atoms with Gasteiger partial charge in [-0.15, -0.1) is 0 Å². The summed E-state index contributed by atoms with van der Waals surface area (Å²) in [5.74, 6) is -1.10. The maximum atomic E-state index is 12.9. The maximum absolute atomic E-state index is 12.9. The van der Waals surface area contributed by atoms with Crippen LogP contribution in [0.5, 0.6) is 0 Å². The minimum atomic E-state index is -5.08. The lowest BCUT2D eigenvalue weighted by Gasteiger charge is -2.25. The van der Waals surface area contributed by atoms with Crippen molar-refractivity contribution in [1.29, 1.82) is 0 Å². The van der Waals surface area contributed by atoms with Crippen LogP contribution >= 0.6 is 0 Å². The van der Waals surface area contributed by atoms with Crippen LogP contribution in [-0.4, -0.2) is 63.1 Å². The molecular formula is C21H24F3N3O4. The predicted octanol–water partition coefficient (Wildman–Crippen LogP) is 3.41. The number of carboxylic acid groups (broad SMARTS) is 1. The molecule has 2 aromatic heterocycles. The lowest BCUT2D eigenvalue weighted by atomic mass is 10.1. The Labute approximate surface area is 177 Å². The average Bonchev–Trinajstić information content (AvgIpc) is 3.38. The van der Waals surface area contributed by atoms with Gasteiger partial charge < -0.3 is 14.4 Å². The zero-order valence-electron chi connectivity index (χ0n) is 17.2. The summed E-state index contributed by atoms with van der Waals surface area (Å²) >= 11 is 0. The number of carbonyl (C=O) groups is 2. The Morgan fingerprint density at radius 3 is 2.45 bits per heavy atom. The summed E-state index contributed by atoms with van der Waals surface area (Å²) < 4.78 is 37.3. The number of aromatic nitrogens is 1. The topological polar surface area (TPSA) is 86.9 Å². The molecule has 168 valence electrons. The average molecular weight is 439 g/mol. The summed E-state index contributed by atoms with van der Waals surface area (Å²) in [7, 11) is 0. The number of halogens is 3. The van der Waals surface area contributed by atoms with Crippen LogP contribution in [0, 0.1) is 13.8 Å². The fraction of sp³-hybridized carbons (Fsp3) is 0.476. The Balaban J connectivity index is 0.000000339. The quantitative estimate of drug-likeness (QED) is 0.789. The first kappa shape index (κ1) is 22.8. The van der Waals surface area contributed by atoms with Crippen molar-refractivity contribution in [3.63, 3.8) is 0 Å². The Hall–Kier alpha value is -2.88. The minimum Gasteiger partial charge on any atom is -0.475 e. The highest BCUT2D eigenvalue weighted by Gasteiger charge is 2.44. The molecule has 4 heterocycles. The number of carbonyl (C=O) groups excluding carboxylic acids is 1. The smallest absolute Gasteiger partial charge is 0.475 e. The standard InChI is InChI=1S/C19H23N3O2.C2HF3O2/c1-13-10-16(14(2)24-13)19(23)22-9-6-17-18(22)5-8-21(17)12-15-4-3-7-20-11-15;3-2(4,5)1(6)7/h3-4,7,10-11,17-18H,5-6,8-9,12H2,1-2H3;(H,6,7)/t17-,18+;/m0./s1. The molecule has 1 N–H and O–H groups in total. The molecule has 0 spiro atoms. The van der Waals surface area contributed by atoms with E-state index in [0.29, 0.717) is 12.1 Å². The van der Waals surface area contributed by atoms with Gasteiger partial charge in [0.25, 0.3) is 5.91 Å². The Kier molecular flexibility index (Phi) is 6.68. The molecule has 7 nitrogen and oxygen atoms in total. The number of alkyl halides is 3. The van der Waals surface area contributed by atoms with E-state index in [4.69, 9.17) is 14.3 Å². The molecule has 2 aromatic rings. The van der Waals surface area contributed by atoms with Crippen LogP contribution in [0.25, 0.3) is 0 Å². The predicted molar refractivity (Wildman–Crippen MR) is 104 cm³/mol. The highest BCUT2D eigenvalue weighted by Crippen LogP contribution is 2.34. The number of fused-ring (bicyclic) bond motifs is 1. The molecule has 0 aliphatic carbocycles. The molecule has 0 radical (unpaired) electrons. The van der Waals surface area contributed by atoms with Gasteiger partial charge in [-0.05, 0) is 44.4 Å². The number of pyridine rings is 1. The zero-order chi connectivity index (χ0) is 22.8. The Bertz CT molecular complexity index is 930. The number of aryl methyl sites for hydroxylation is 2. The zero-order valence-corrected chi connectivity index (χ0v) is 17.2. The van der Waals surface area contributed by atoms with Crippen molar-refractivity contribution in [1.82, 2.24) is 14.8 Å². The van der Waals surface area contributed by atoms with E-state index in [1.807, 2.05) is 38.4 Å². The Morgan fingerprint density at radius 1 is 1.23 bits per heavy atom. The molecule has 0 bridgehead atoms. The summed E-state index contributed by atoms with van der Waals surface area (Å²) in [6.45, 7) is 6.55. The van der Waals surface area contributed by atoms with Gasteiger partial charge in [-0.1, -0.05) is 6.07 Å². The first-order chi connectivity index (χ1) is 14.6. The van der Waals surface area contributed by atoms with Gasteiger partial charge in [0.2, 0.25) is 0 Å². The number of hydrogen-bond donors (Lipinski definition) is 1. The molecule has 2 fully saturated rings. The van der Waals surface area contributed by atoms with Crippen molar-refractivity contribution in [3.8, 4) is 0 Å². The van der Waals surface area contributed by atoms with Crippen LogP contribution in [0.1, 0.15) is 40.3 Å². The molecule has 31 heavy (non-hydrogen) atoms. The lowest BCUT2D eigenvalue weighted by Crippen LogP contribution is -2.39. The number of amides is 1. The van der Waals surface area contributed by atoms with Crippen LogP contribution in [0.3, 0.4) is 0 Å². The summed E-state index contributed by atoms with van der Waals surface area (Å²) in [5.41, 5.74) is 1.96. The highest BCUT2D eigenvalue weighted by atomic mass is 19.4. The van der Waals surface area contributed by atoms with Crippen molar-refractivity contribution < 1.29 is 32.3 Å². The van der Waals surface area contributed by atoms with E-state index in [9.17, 15) is 18.0 Å². The van der Waals surface area contributed by atoms with E-state index in [1.165, 1.54) is 5.56 Å². The number of aliphatic carboxylic acids is 1. The Morgan fingerprint density at radius 2 is 1.90 bits per heavy atom. The van der Waals surface area contributed by atoms with Gasteiger partial charge in [-0.25, -0.2) is 4.79 Å². The molecule has 2 saturated heterocycles. The molecule has 0 aromatic carbocycles. The van der Waals surface area contributed by atoms with Gasteiger partial charge in [0.15, 0.2) is 0 Å². The number of carboxylic acids is 1. The largest absolute Gasteiger partial charge is 0.490 e. The van der Waals surface area contributed by atoms with Gasteiger partial charge in [-0.3, -0.25) is 14.7 Å². The van der Waals surface area contributed by atoms with Crippen LogP contribution in [0.2, 0.25) is 0 Å². The lowest BCUT2D eigenvalue weighted by molar-refractivity contribution is -0.192. The summed E-state index contributed by atoms with van der Waals surface area (Å²) in [5, 5.41) is 7.12. The highest BCUT2D eigenvalue weighted by molar-refractivity contribution is 5.95. The number of nitrogens with zero attached hydrogens (tertiary/aromatic N) is 3. The third kappa shape index (κ3) is 5.25. The molecule has 2 aliphatic rings. The molecule has 4 rings (SSSR count). The van der Waals surface area contributed by atoms with E-state index in [0.717, 1.165) is 49.6 Å². The number of likely N-dealkylation sites (tertiary alicyclic amines) is 2. The molecule has 0 unspecified atom stereocenters. The second-order valence-electron chi connectivity index (χ2n) is 7.67. The van der Waals surface area contributed by atoms with Gasteiger partial charge in [0.05, 0.1) is 5.56 Å². The second-order valence-corrected chi connectivity index (χ2v) is 7.67. The summed E-state index contributed by atoms with van der Waals surface area (Å²) in [6, 6.07) is 6.76. The van der Waals surface area contributed by atoms with E-state index in [-0.39, 0.29) is 5.91 Å². The van der Waals surface area contributed by atoms with Crippen molar-refractivity contribution in [2.45, 2.75) is 51.5 Å². The van der Waals surface area contributed by atoms with Crippen molar-refractivity contribution >= 4 is 11.9 Å². The molecule has 2 atom stereocenters. The molecule has 1 amide bonds. The van der Waals surface area contributed by atoms with E-state index < -0.39 is 12.1 Å². The van der Waals surface area contributed by atoms with E-state index in [2.05, 4.69) is 20.9 Å². The van der Waals surface area contributed by atoms with Crippen LogP contribution in [-0.2, 0) is 11.3 Å². The summed E-state index contributed by atoms with van der Waals surface area (Å²) in [4.78, 5) is 30.6. The molecular weight excluding hydrogens is 415 g/mol. The number of rotatable bonds is 3. The molecule has 2 aliphatic heterocycles. The first-order valence-corrected chi connectivity index (χ1v) is 9.89. The third-order valence-corrected chi connectivity index (χ3v) is 5.57. The minimum absolute atomic E-state index is 0.125. The molecule has 10 heteroatoms. The van der Waals surface area contributed by atoms with E-state index >= 15 is 0 Å². The maximum Gasteiger partial charge on any atom is 0.490 e. The van der Waals surface area contributed by atoms with Gasteiger partial charge in [-0.2, -0.15) is 13.2 Å². The van der Waals surface area contributed by atoms with Gasteiger partial charge in [0, 0.05) is 44.1 Å². The molecule has 0 saturated carbocycles. The normalized spacial score (nSPS) is 20.9. The van der Waals surface area contributed by atoms with Gasteiger partial charge >= 0.3 is 12.1 Å². The number of hydrogen-bond acceptors (Lipinski definition) is 5. The second kappa shape index (κ2) is 9.09. The van der Waals surface area contributed by atoms with Crippen molar-refractivity contribution in [2.75, 3.05) is 13.1 Å². The van der Waals surface area contributed by atoms with E-state index in [1.54, 1.807) is 0 Å². The fourth-order valence-corrected chi connectivity index (χ4v) is 4.25. The van der Waals surface area contributed by atoms with Crippen LogP contribution < -0.4 is 0 Å². The van der Waals surface area contributed by atoms with Crippen LogP contribution in [0.4, 0.5) is 13.2 Å². The van der Waals surface area contributed by atoms with Gasteiger partial charge in [0.1, 0.15) is 11.5 Å². The number of furan rings is 1. The van der Waals surface area contributed by atoms with Crippen LogP contribution in [0.15, 0.2) is 35.0 Å². The third-order valence-electron chi connectivity index (χ3n) is 5.57. The SMILES string of the molecule is Cc1cc(C(=O)N2CC[C@H]3[C@H]2CCN3Cc2cccnc2)c(C)o1.O=C(O)C(F)(F)F. The monoisotopic (exact) mass is 439 g/mol. The fourth-order valence-electron chi connectivity index (χ4n) is 4.25. The van der Waals surface area contributed by atoms with Crippen molar-refractivity contribution in [3.05, 3.63) is 53.2 Å². The van der Waals surface area contributed by atoms with Crippen molar-refractivity contribution in [2.24, 2.45) is 0 Å². The summed E-state index contributed by atoms with van der Waals surface area (Å²) in [6.07, 6.45) is 0.753. The first-order valence-electron chi connectivity index (χ1n) is 9.89.